The fourth-order valence-electron chi connectivity index (χ4n) is 2.40. The highest BCUT2D eigenvalue weighted by molar-refractivity contribution is 5.71. The van der Waals surface area contributed by atoms with E-state index in [9.17, 15) is 0 Å². The van der Waals surface area contributed by atoms with E-state index in [-0.39, 0.29) is 6.04 Å². The molecule has 3 aromatic rings. The van der Waals surface area contributed by atoms with E-state index in [4.69, 9.17) is 4.74 Å². The first-order valence-electron chi connectivity index (χ1n) is 7.49. The number of benzene rings is 3. The Hall–Kier alpha value is -2.58. The fourth-order valence-corrected chi connectivity index (χ4v) is 2.40. The predicted octanol–water partition coefficient (Wildman–Crippen LogP) is 4.45. The van der Waals surface area contributed by atoms with Crippen LogP contribution in [0.25, 0.3) is 11.1 Å². The minimum Gasteiger partial charge on any atom is -0.457 e. The van der Waals surface area contributed by atoms with Crippen molar-refractivity contribution in [1.82, 2.24) is 0 Å². The molecule has 110 valence electrons. The topological polar surface area (TPSA) is 36.9 Å². The number of para-hydroxylation sites is 1. The Kier molecular flexibility index (Phi) is 4.22. The SMILES string of the molecule is C[C@H]([NH3+])c1ccc(Oc2ccccc2)c(-c2ccccc2)c1. The smallest absolute Gasteiger partial charge is 0.135 e. The average Bonchev–Trinajstić information content (AvgIpc) is 2.57. The van der Waals surface area contributed by atoms with Gasteiger partial charge in [0.25, 0.3) is 0 Å². The third kappa shape index (κ3) is 3.18. The molecule has 0 aliphatic carbocycles. The van der Waals surface area contributed by atoms with Gasteiger partial charge in [0.1, 0.15) is 17.5 Å². The fraction of sp³-hybridized carbons (Fsp3) is 0.100. The van der Waals surface area contributed by atoms with E-state index in [0.29, 0.717) is 0 Å². The van der Waals surface area contributed by atoms with E-state index < -0.39 is 0 Å². The summed E-state index contributed by atoms with van der Waals surface area (Å²) in [6.07, 6.45) is 0. The molecule has 0 fully saturated rings. The van der Waals surface area contributed by atoms with Gasteiger partial charge in [0.2, 0.25) is 0 Å². The first-order valence-corrected chi connectivity index (χ1v) is 7.49. The summed E-state index contributed by atoms with van der Waals surface area (Å²) < 4.78 is 6.08. The third-order valence-corrected chi connectivity index (χ3v) is 3.63. The molecule has 0 amide bonds. The quantitative estimate of drug-likeness (QED) is 0.757. The summed E-state index contributed by atoms with van der Waals surface area (Å²) >= 11 is 0. The predicted molar refractivity (Wildman–Crippen MR) is 89.7 cm³/mol. The molecule has 0 aromatic heterocycles. The summed E-state index contributed by atoms with van der Waals surface area (Å²) in [6, 6.07) is 26.7. The van der Waals surface area contributed by atoms with Crippen LogP contribution < -0.4 is 10.5 Å². The van der Waals surface area contributed by atoms with E-state index >= 15 is 0 Å². The maximum Gasteiger partial charge on any atom is 0.135 e. The molecule has 0 radical (unpaired) electrons. The van der Waals surface area contributed by atoms with Crippen molar-refractivity contribution in [3.8, 4) is 22.6 Å². The van der Waals surface area contributed by atoms with Crippen LogP contribution in [0.3, 0.4) is 0 Å². The molecule has 0 saturated heterocycles. The van der Waals surface area contributed by atoms with Crippen LogP contribution in [-0.2, 0) is 0 Å². The third-order valence-electron chi connectivity index (χ3n) is 3.63. The molecule has 2 nitrogen and oxygen atoms in total. The standard InChI is InChI=1S/C20H19NO/c1-15(21)17-12-13-20(22-18-10-6-3-7-11-18)19(14-17)16-8-4-2-5-9-16/h2-15H,21H2,1H3/p+1/t15-/m0/s1. The molecule has 2 heteroatoms. The Balaban J connectivity index is 2.05. The summed E-state index contributed by atoms with van der Waals surface area (Å²) in [5, 5.41) is 0. The number of ether oxygens (including phenoxy) is 1. The first-order chi connectivity index (χ1) is 10.7. The van der Waals surface area contributed by atoms with Gasteiger partial charge in [0.05, 0.1) is 0 Å². The molecule has 0 saturated carbocycles. The molecular formula is C20H20NO+. The Morgan fingerprint density at radius 1 is 0.818 bits per heavy atom. The van der Waals surface area contributed by atoms with Gasteiger partial charge in [0.15, 0.2) is 0 Å². The van der Waals surface area contributed by atoms with Crippen molar-refractivity contribution in [3.05, 3.63) is 84.4 Å². The van der Waals surface area contributed by atoms with Crippen LogP contribution in [0.15, 0.2) is 78.9 Å². The average molecular weight is 290 g/mol. The Bertz CT molecular complexity index is 736. The van der Waals surface area contributed by atoms with Crippen LogP contribution in [-0.4, -0.2) is 0 Å². The van der Waals surface area contributed by atoms with Gasteiger partial charge in [-0.3, -0.25) is 0 Å². The second-order valence-corrected chi connectivity index (χ2v) is 5.44. The molecule has 0 spiro atoms. The highest BCUT2D eigenvalue weighted by Gasteiger charge is 2.11. The second kappa shape index (κ2) is 6.46. The molecule has 3 rings (SSSR count). The maximum absolute atomic E-state index is 6.08. The van der Waals surface area contributed by atoms with Gasteiger partial charge in [0, 0.05) is 11.1 Å². The summed E-state index contributed by atoms with van der Waals surface area (Å²) in [4.78, 5) is 0. The summed E-state index contributed by atoms with van der Waals surface area (Å²) in [7, 11) is 0. The van der Waals surface area contributed by atoms with Crippen molar-refractivity contribution in [2.24, 2.45) is 0 Å². The van der Waals surface area contributed by atoms with Crippen LogP contribution in [0.2, 0.25) is 0 Å². The van der Waals surface area contributed by atoms with Crippen LogP contribution in [0.4, 0.5) is 0 Å². The summed E-state index contributed by atoms with van der Waals surface area (Å²) in [6.45, 7) is 2.10. The van der Waals surface area contributed by atoms with Crippen LogP contribution in [0.1, 0.15) is 18.5 Å². The van der Waals surface area contributed by atoms with Gasteiger partial charge in [-0.15, -0.1) is 0 Å². The van der Waals surface area contributed by atoms with Gasteiger partial charge in [-0.2, -0.15) is 0 Å². The molecule has 0 bridgehead atoms. The Morgan fingerprint density at radius 2 is 1.45 bits per heavy atom. The highest BCUT2D eigenvalue weighted by Crippen LogP contribution is 2.34. The lowest BCUT2D eigenvalue weighted by atomic mass is 9.99. The monoisotopic (exact) mass is 290 g/mol. The number of quaternary nitrogens is 1. The normalized spacial score (nSPS) is 11.9. The van der Waals surface area contributed by atoms with Gasteiger partial charge < -0.3 is 10.5 Å². The number of rotatable bonds is 4. The van der Waals surface area contributed by atoms with E-state index in [0.717, 1.165) is 22.6 Å². The summed E-state index contributed by atoms with van der Waals surface area (Å²) in [5.74, 6) is 1.71. The number of hydrogen-bond acceptors (Lipinski definition) is 1. The maximum atomic E-state index is 6.08. The first kappa shape index (κ1) is 14.4. The van der Waals surface area contributed by atoms with Crippen LogP contribution in [0, 0.1) is 0 Å². The molecule has 22 heavy (non-hydrogen) atoms. The zero-order valence-electron chi connectivity index (χ0n) is 12.7. The van der Waals surface area contributed by atoms with Crippen LogP contribution in [0.5, 0.6) is 11.5 Å². The molecule has 0 unspecified atom stereocenters. The van der Waals surface area contributed by atoms with E-state index in [1.54, 1.807) is 0 Å². The lowest BCUT2D eigenvalue weighted by molar-refractivity contribution is -0.420. The Morgan fingerprint density at radius 3 is 2.09 bits per heavy atom. The molecular weight excluding hydrogens is 270 g/mol. The molecule has 3 N–H and O–H groups in total. The van der Waals surface area contributed by atoms with Gasteiger partial charge in [-0.1, -0.05) is 48.5 Å². The lowest BCUT2D eigenvalue weighted by Crippen LogP contribution is -2.51. The van der Waals surface area contributed by atoms with E-state index in [2.05, 4.69) is 36.9 Å². The number of hydrogen-bond donors (Lipinski definition) is 1. The zero-order valence-corrected chi connectivity index (χ0v) is 12.7. The molecule has 0 aliphatic heterocycles. The van der Waals surface area contributed by atoms with Crippen molar-refractivity contribution in [3.63, 3.8) is 0 Å². The van der Waals surface area contributed by atoms with Crippen molar-refractivity contribution in [1.29, 1.82) is 0 Å². The van der Waals surface area contributed by atoms with Gasteiger partial charge in [-0.05, 0) is 42.8 Å². The molecule has 0 aliphatic rings. The van der Waals surface area contributed by atoms with Crippen molar-refractivity contribution in [2.75, 3.05) is 0 Å². The molecule has 1 atom stereocenters. The van der Waals surface area contributed by atoms with E-state index in [1.165, 1.54) is 5.56 Å². The Labute approximate surface area is 131 Å². The van der Waals surface area contributed by atoms with Gasteiger partial charge >= 0.3 is 0 Å². The largest absolute Gasteiger partial charge is 0.457 e. The minimum absolute atomic E-state index is 0.244. The second-order valence-electron chi connectivity index (χ2n) is 5.44. The minimum atomic E-state index is 0.244. The van der Waals surface area contributed by atoms with Crippen LogP contribution >= 0.6 is 0 Å². The van der Waals surface area contributed by atoms with E-state index in [1.807, 2.05) is 54.6 Å². The van der Waals surface area contributed by atoms with Crippen molar-refractivity contribution in [2.45, 2.75) is 13.0 Å². The van der Waals surface area contributed by atoms with Crippen molar-refractivity contribution >= 4 is 0 Å². The molecule has 3 aromatic carbocycles. The lowest BCUT2D eigenvalue weighted by Gasteiger charge is -2.14. The van der Waals surface area contributed by atoms with Gasteiger partial charge in [-0.25, -0.2) is 0 Å². The highest BCUT2D eigenvalue weighted by atomic mass is 16.5. The summed E-state index contributed by atoms with van der Waals surface area (Å²) in [5.41, 5.74) is 7.57. The van der Waals surface area contributed by atoms with Crippen molar-refractivity contribution < 1.29 is 10.5 Å². The molecule has 0 heterocycles. The zero-order chi connectivity index (χ0) is 15.4.